The number of hydrazone groups is 1. The van der Waals surface area contributed by atoms with E-state index in [0.29, 0.717) is 0 Å². The number of nitrogens with one attached hydrogen (secondary N) is 1. The zero-order chi connectivity index (χ0) is 19.3. The number of rotatable bonds is 6. The summed E-state index contributed by atoms with van der Waals surface area (Å²) in [6.45, 7) is 5.14. The Hall–Kier alpha value is -2.71. The Labute approximate surface area is 150 Å². The molecule has 3 atom stereocenters. The molecule has 1 spiro atoms. The molecule has 1 heterocycles. The van der Waals surface area contributed by atoms with Gasteiger partial charge in [0.2, 0.25) is 0 Å². The van der Waals surface area contributed by atoms with Crippen molar-refractivity contribution in [3.8, 4) is 0 Å². The summed E-state index contributed by atoms with van der Waals surface area (Å²) >= 11 is 0. The van der Waals surface area contributed by atoms with Crippen molar-refractivity contribution in [2.45, 2.75) is 27.2 Å². The van der Waals surface area contributed by atoms with Gasteiger partial charge in [0, 0.05) is 12.4 Å². The molecule has 0 bridgehead atoms. The smallest absolute Gasteiger partial charge is 0.336 e. The first-order valence-corrected chi connectivity index (χ1v) is 8.49. The Kier molecular flexibility index (Phi) is 6.12. The number of hydrogen-bond acceptors (Lipinski definition) is 9. The Morgan fingerprint density at radius 3 is 2.35 bits per heavy atom. The van der Waals surface area contributed by atoms with E-state index in [-0.39, 0.29) is 31.8 Å². The SMILES string of the molecule is CCOC(=O)C1=CNN=CC12C(=O)C(C(=O)OCC)CC2C(=O)OCC. The molecule has 0 aromatic carbocycles. The van der Waals surface area contributed by atoms with Gasteiger partial charge in [0.1, 0.15) is 11.3 Å². The predicted molar refractivity (Wildman–Crippen MR) is 88.6 cm³/mol. The van der Waals surface area contributed by atoms with Crippen molar-refractivity contribution in [2.75, 3.05) is 19.8 Å². The number of hydrogen-bond donors (Lipinski definition) is 1. The first kappa shape index (κ1) is 19.6. The quantitative estimate of drug-likeness (QED) is 0.406. The first-order valence-electron chi connectivity index (χ1n) is 8.49. The minimum atomic E-state index is -1.72. The van der Waals surface area contributed by atoms with Crippen LogP contribution in [0.3, 0.4) is 0 Å². The summed E-state index contributed by atoms with van der Waals surface area (Å²) in [5.74, 6) is -5.08. The van der Waals surface area contributed by atoms with Crippen LogP contribution in [-0.4, -0.2) is 49.7 Å². The molecule has 1 aliphatic carbocycles. The third kappa shape index (κ3) is 3.21. The van der Waals surface area contributed by atoms with Crippen LogP contribution in [0.25, 0.3) is 0 Å². The third-order valence-electron chi connectivity index (χ3n) is 4.38. The fourth-order valence-corrected chi connectivity index (χ4v) is 3.30. The normalized spacial score (nSPS) is 26.9. The van der Waals surface area contributed by atoms with E-state index in [4.69, 9.17) is 14.2 Å². The van der Waals surface area contributed by atoms with E-state index in [1.807, 2.05) is 0 Å². The standard InChI is InChI=1S/C17H22N2O7/c1-4-24-14(21)10-7-11(15(22)25-5-2)17(13(10)20)9-19-18-8-12(17)16(23)26-6-3/h8-11,18H,4-7H2,1-3H3. The van der Waals surface area contributed by atoms with Gasteiger partial charge in [-0.25, -0.2) is 4.79 Å². The van der Waals surface area contributed by atoms with Gasteiger partial charge in [-0.05, 0) is 27.2 Å². The number of Topliss-reactive ketones (excluding diaryl/α,β-unsaturated/α-hetero) is 1. The van der Waals surface area contributed by atoms with Gasteiger partial charge in [-0.15, -0.1) is 0 Å². The molecular weight excluding hydrogens is 344 g/mol. The second kappa shape index (κ2) is 8.11. The largest absolute Gasteiger partial charge is 0.466 e. The molecule has 0 aromatic rings. The molecule has 142 valence electrons. The number of ether oxygens (including phenoxy) is 3. The van der Waals surface area contributed by atoms with Gasteiger partial charge in [-0.3, -0.25) is 19.8 Å². The molecular formula is C17H22N2O7. The summed E-state index contributed by atoms with van der Waals surface area (Å²) in [6, 6.07) is 0. The molecule has 0 aromatic heterocycles. The highest BCUT2D eigenvalue weighted by Gasteiger charge is 2.64. The lowest BCUT2D eigenvalue weighted by atomic mass is 9.71. The van der Waals surface area contributed by atoms with E-state index in [1.165, 1.54) is 12.4 Å². The zero-order valence-corrected chi connectivity index (χ0v) is 14.9. The van der Waals surface area contributed by atoms with Crippen molar-refractivity contribution in [1.29, 1.82) is 0 Å². The molecule has 9 heteroatoms. The highest BCUT2D eigenvalue weighted by atomic mass is 16.5. The second-order valence-electron chi connectivity index (χ2n) is 5.74. The Morgan fingerprint density at radius 2 is 1.73 bits per heavy atom. The van der Waals surface area contributed by atoms with Crippen LogP contribution < -0.4 is 5.43 Å². The lowest BCUT2D eigenvalue weighted by Crippen LogP contribution is -2.46. The van der Waals surface area contributed by atoms with Crippen LogP contribution in [0.4, 0.5) is 0 Å². The summed E-state index contributed by atoms with van der Waals surface area (Å²) in [4.78, 5) is 50.3. The molecule has 2 rings (SSSR count). The lowest BCUT2D eigenvalue weighted by Gasteiger charge is -2.31. The van der Waals surface area contributed by atoms with Crippen molar-refractivity contribution in [1.82, 2.24) is 5.43 Å². The van der Waals surface area contributed by atoms with Crippen LogP contribution in [0.15, 0.2) is 16.9 Å². The number of nitrogens with zero attached hydrogens (tertiary/aromatic N) is 1. The summed E-state index contributed by atoms with van der Waals surface area (Å²) < 4.78 is 15.0. The van der Waals surface area contributed by atoms with Crippen LogP contribution in [0.5, 0.6) is 0 Å². The van der Waals surface area contributed by atoms with Gasteiger partial charge in [-0.2, -0.15) is 5.10 Å². The highest BCUT2D eigenvalue weighted by molar-refractivity contribution is 6.20. The predicted octanol–water partition coefficient (Wildman–Crippen LogP) is 0.340. The Bertz CT molecular complexity index is 670. The molecule has 1 fully saturated rings. The molecule has 1 saturated carbocycles. The van der Waals surface area contributed by atoms with Gasteiger partial charge in [0.15, 0.2) is 5.78 Å². The van der Waals surface area contributed by atoms with Gasteiger partial charge in [0.25, 0.3) is 0 Å². The fourth-order valence-electron chi connectivity index (χ4n) is 3.30. The molecule has 0 saturated heterocycles. The monoisotopic (exact) mass is 366 g/mol. The van der Waals surface area contributed by atoms with Gasteiger partial charge >= 0.3 is 17.9 Å². The maximum Gasteiger partial charge on any atom is 0.336 e. The molecule has 26 heavy (non-hydrogen) atoms. The highest BCUT2D eigenvalue weighted by Crippen LogP contribution is 2.49. The second-order valence-corrected chi connectivity index (χ2v) is 5.74. The zero-order valence-electron chi connectivity index (χ0n) is 14.9. The van der Waals surface area contributed by atoms with Crippen LogP contribution in [0, 0.1) is 17.3 Å². The average molecular weight is 366 g/mol. The average Bonchev–Trinajstić information content (AvgIpc) is 2.89. The summed E-state index contributed by atoms with van der Waals surface area (Å²) in [6.07, 6.45) is 2.28. The summed E-state index contributed by atoms with van der Waals surface area (Å²) in [5.41, 5.74) is 0.692. The minimum absolute atomic E-state index is 0.0794. The van der Waals surface area contributed by atoms with Crippen LogP contribution in [-0.2, 0) is 33.4 Å². The van der Waals surface area contributed by atoms with E-state index < -0.39 is 40.9 Å². The first-order chi connectivity index (χ1) is 12.4. The molecule has 1 N–H and O–H groups in total. The van der Waals surface area contributed by atoms with Crippen molar-refractivity contribution in [3.05, 3.63) is 11.8 Å². The van der Waals surface area contributed by atoms with Gasteiger partial charge in [0.05, 0.1) is 31.3 Å². The van der Waals surface area contributed by atoms with E-state index in [1.54, 1.807) is 20.8 Å². The fraction of sp³-hybridized carbons (Fsp3) is 0.588. The Balaban J connectivity index is 2.52. The van der Waals surface area contributed by atoms with Gasteiger partial charge in [-0.1, -0.05) is 0 Å². The van der Waals surface area contributed by atoms with Crippen LogP contribution in [0.1, 0.15) is 27.2 Å². The third-order valence-corrected chi connectivity index (χ3v) is 4.38. The molecule has 3 unspecified atom stereocenters. The molecule has 9 nitrogen and oxygen atoms in total. The van der Waals surface area contributed by atoms with Crippen molar-refractivity contribution >= 4 is 29.9 Å². The van der Waals surface area contributed by atoms with Crippen molar-refractivity contribution in [2.24, 2.45) is 22.4 Å². The van der Waals surface area contributed by atoms with Gasteiger partial charge < -0.3 is 14.2 Å². The van der Waals surface area contributed by atoms with Crippen LogP contribution in [0.2, 0.25) is 0 Å². The number of ketones is 1. The molecule has 0 amide bonds. The van der Waals surface area contributed by atoms with E-state index in [2.05, 4.69) is 10.5 Å². The van der Waals surface area contributed by atoms with Crippen molar-refractivity contribution < 1.29 is 33.4 Å². The van der Waals surface area contributed by atoms with E-state index >= 15 is 0 Å². The minimum Gasteiger partial charge on any atom is -0.466 e. The maximum atomic E-state index is 13.2. The number of carbonyl (C=O) groups excluding carboxylic acids is 4. The lowest BCUT2D eigenvalue weighted by molar-refractivity contribution is -0.153. The summed E-state index contributed by atoms with van der Waals surface area (Å²) in [5, 5.41) is 3.85. The molecule has 2 aliphatic rings. The number of carbonyl (C=O) groups is 4. The number of esters is 3. The summed E-state index contributed by atoms with van der Waals surface area (Å²) in [7, 11) is 0. The van der Waals surface area contributed by atoms with E-state index in [9.17, 15) is 19.2 Å². The van der Waals surface area contributed by atoms with Crippen molar-refractivity contribution in [3.63, 3.8) is 0 Å². The Morgan fingerprint density at radius 1 is 1.12 bits per heavy atom. The maximum absolute atomic E-state index is 13.2. The molecule has 0 radical (unpaired) electrons. The van der Waals surface area contributed by atoms with Crippen LogP contribution >= 0.6 is 0 Å². The molecule has 1 aliphatic heterocycles. The topological polar surface area (TPSA) is 120 Å². The van der Waals surface area contributed by atoms with E-state index in [0.717, 1.165) is 0 Å².